The summed E-state index contributed by atoms with van der Waals surface area (Å²) in [7, 11) is 1.55. The monoisotopic (exact) mass is 362 g/mol. The molecule has 0 aliphatic carbocycles. The van der Waals surface area contributed by atoms with Crippen LogP contribution in [0.1, 0.15) is 22.8 Å². The highest BCUT2D eigenvalue weighted by molar-refractivity contribution is 6.30. The summed E-state index contributed by atoms with van der Waals surface area (Å²) in [6.07, 6.45) is -0.907. The molecule has 0 aliphatic heterocycles. The lowest BCUT2D eigenvalue weighted by atomic mass is 10.1. The number of methoxy groups -OCH3 is 1. The van der Waals surface area contributed by atoms with Crippen LogP contribution in [0.4, 0.5) is 0 Å². The Balaban J connectivity index is 1.89. The van der Waals surface area contributed by atoms with Crippen molar-refractivity contribution >= 4 is 23.4 Å². The lowest BCUT2D eigenvalue weighted by Crippen LogP contribution is -2.27. The van der Waals surface area contributed by atoms with E-state index in [-0.39, 0.29) is 12.4 Å². The Hall–Kier alpha value is -2.53. The molecule has 0 heterocycles. The van der Waals surface area contributed by atoms with Crippen LogP contribution in [0.3, 0.4) is 0 Å². The third-order valence-electron chi connectivity index (χ3n) is 3.53. The lowest BCUT2D eigenvalue weighted by Gasteiger charge is -2.14. The van der Waals surface area contributed by atoms with Crippen LogP contribution in [0.2, 0.25) is 5.02 Å². The van der Waals surface area contributed by atoms with E-state index in [0.29, 0.717) is 22.1 Å². The van der Waals surface area contributed by atoms with Gasteiger partial charge in [0.15, 0.2) is 12.7 Å². The zero-order valence-corrected chi connectivity index (χ0v) is 15.0. The minimum Gasteiger partial charge on any atom is -0.497 e. The van der Waals surface area contributed by atoms with E-state index < -0.39 is 12.1 Å². The molecule has 1 atom stereocenters. The molecule has 0 aliphatic rings. The number of esters is 1. The molecule has 0 unspecified atom stereocenters. The van der Waals surface area contributed by atoms with E-state index in [1.54, 1.807) is 49.6 Å². The standard InChI is InChI=1S/C19H19ClO5/c1-12-10-15(20)6-9-17(12)24-11-18(21)25-13(2)19(22)14-4-7-16(23-3)8-5-14/h4-10,13H,11H2,1-3H3/t13-/m1/s1. The number of aryl methyl sites for hydroxylation is 1. The molecular formula is C19H19ClO5. The normalized spacial score (nSPS) is 11.5. The molecule has 0 aromatic heterocycles. The van der Waals surface area contributed by atoms with Crippen LogP contribution in [0.5, 0.6) is 11.5 Å². The number of carbonyl (C=O) groups is 2. The molecule has 2 aromatic carbocycles. The number of halogens is 1. The first kappa shape index (κ1) is 18.8. The molecule has 0 N–H and O–H groups in total. The van der Waals surface area contributed by atoms with Gasteiger partial charge in [0, 0.05) is 10.6 Å². The molecule has 0 fully saturated rings. The van der Waals surface area contributed by atoms with Crippen LogP contribution < -0.4 is 9.47 Å². The minimum absolute atomic E-state index is 0.289. The first-order valence-electron chi connectivity index (χ1n) is 7.67. The molecule has 2 aromatic rings. The Morgan fingerprint density at radius 2 is 1.80 bits per heavy atom. The van der Waals surface area contributed by atoms with Gasteiger partial charge >= 0.3 is 5.97 Å². The average Bonchev–Trinajstić information content (AvgIpc) is 2.60. The summed E-state index contributed by atoms with van der Waals surface area (Å²) in [5, 5.41) is 0.589. The van der Waals surface area contributed by atoms with Crippen molar-refractivity contribution in [3.8, 4) is 11.5 Å². The highest BCUT2D eigenvalue weighted by atomic mass is 35.5. The highest BCUT2D eigenvalue weighted by Crippen LogP contribution is 2.21. The first-order valence-corrected chi connectivity index (χ1v) is 8.05. The fraction of sp³-hybridized carbons (Fsp3) is 0.263. The quantitative estimate of drug-likeness (QED) is 0.553. The van der Waals surface area contributed by atoms with Crippen molar-refractivity contribution in [1.29, 1.82) is 0 Å². The van der Waals surface area contributed by atoms with Crippen LogP contribution in [-0.4, -0.2) is 31.6 Å². The fourth-order valence-corrected chi connectivity index (χ4v) is 2.41. The van der Waals surface area contributed by atoms with Gasteiger partial charge in [0.2, 0.25) is 5.78 Å². The third-order valence-corrected chi connectivity index (χ3v) is 3.77. The first-order chi connectivity index (χ1) is 11.9. The SMILES string of the molecule is COc1ccc(C(=O)[C@@H](C)OC(=O)COc2ccc(Cl)cc2C)cc1. The van der Waals surface area contributed by atoms with Crippen molar-refractivity contribution < 1.29 is 23.8 Å². The van der Waals surface area contributed by atoms with E-state index >= 15 is 0 Å². The summed E-state index contributed by atoms with van der Waals surface area (Å²) in [4.78, 5) is 24.2. The van der Waals surface area contributed by atoms with Gasteiger partial charge in [-0.05, 0) is 61.9 Å². The Morgan fingerprint density at radius 1 is 1.12 bits per heavy atom. The third kappa shape index (κ3) is 5.22. The Labute approximate surface area is 151 Å². The van der Waals surface area contributed by atoms with Crippen molar-refractivity contribution in [1.82, 2.24) is 0 Å². The van der Waals surface area contributed by atoms with Gasteiger partial charge in [-0.3, -0.25) is 4.79 Å². The maximum atomic E-state index is 12.3. The van der Waals surface area contributed by atoms with Gasteiger partial charge in [-0.2, -0.15) is 0 Å². The molecule has 0 amide bonds. The number of benzene rings is 2. The van der Waals surface area contributed by atoms with Gasteiger partial charge in [-0.15, -0.1) is 0 Å². The van der Waals surface area contributed by atoms with Gasteiger partial charge in [-0.1, -0.05) is 11.6 Å². The molecule has 0 radical (unpaired) electrons. The number of ketones is 1. The molecular weight excluding hydrogens is 344 g/mol. The summed E-state index contributed by atoms with van der Waals surface area (Å²) in [6.45, 7) is 3.06. The summed E-state index contributed by atoms with van der Waals surface area (Å²) in [5.74, 6) is 0.269. The number of rotatable bonds is 7. The molecule has 0 spiro atoms. The molecule has 0 saturated heterocycles. The van der Waals surface area contributed by atoms with E-state index in [9.17, 15) is 9.59 Å². The van der Waals surface area contributed by atoms with E-state index in [2.05, 4.69) is 0 Å². The van der Waals surface area contributed by atoms with Gasteiger partial charge in [-0.25, -0.2) is 4.79 Å². The van der Waals surface area contributed by atoms with Crippen molar-refractivity contribution in [2.75, 3.05) is 13.7 Å². The van der Waals surface area contributed by atoms with E-state index in [1.807, 2.05) is 6.92 Å². The number of hydrogen-bond acceptors (Lipinski definition) is 5. The number of carbonyl (C=O) groups excluding carboxylic acids is 2. The molecule has 25 heavy (non-hydrogen) atoms. The smallest absolute Gasteiger partial charge is 0.344 e. The highest BCUT2D eigenvalue weighted by Gasteiger charge is 2.20. The molecule has 2 rings (SSSR count). The fourth-order valence-electron chi connectivity index (χ4n) is 2.19. The van der Waals surface area contributed by atoms with Crippen molar-refractivity contribution in [2.45, 2.75) is 20.0 Å². The maximum Gasteiger partial charge on any atom is 0.344 e. The maximum absolute atomic E-state index is 12.3. The molecule has 0 bridgehead atoms. The number of Topliss-reactive ketones (excluding diaryl/α,β-unsaturated/α-hetero) is 1. The summed E-state index contributed by atoms with van der Waals surface area (Å²) >= 11 is 5.87. The predicted octanol–water partition coefficient (Wildman–Crippen LogP) is 3.85. The van der Waals surface area contributed by atoms with Crippen LogP contribution in [0, 0.1) is 6.92 Å². The van der Waals surface area contributed by atoms with Crippen LogP contribution in [-0.2, 0) is 9.53 Å². The minimum atomic E-state index is -0.907. The van der Waals surface area contributed by atoms with Crippen LogP contribution in [0.15, 0.2) is 42.5 Å². The number of ether oxygens (including phenoxy) is 3. The second-order valence-corrected chi connectivity index (χ2v) is 5.86. The second kappa shape index (κ2) is 8.53. The van der Waals surface area contributed by atoms with Gasteiger partial charge < -0.3 is 14.2 Å². The zero-order valence-electron chi connectivity index (χ0n) is 14.2. The molecule has 5 nitrogen and oxygen atoms in total. The van der Waals surface area contributed by atoms with Gasteiger partial charge in [0.05, 0.1) is 7.11 Å². The van der Waals surface area contributed by atoms with Crippen molar-refractivity contribution in [3.05, 3.63) is 58.6 Å². The Kier molecular flexibility index (Phi) is 6.42. The zero-order chi connectivity index (χ0) is 18.4. The second-order valence-electron chi connectivity index (χ2n) is 5.42. The van der Waals surface area contributed by atoms with Crippen LogP contribution >= 0.6 is 11.6 Å². The Morgan fingerprint density at radius 3 is 2.40 bits per heavy atom. The Bertz CT molecular complexity index is 755. The predicted molar refractivity (Wildman–Crippen MR) is 94.6 cm³/mol. The van der Waals surface area contributed by atoms with E-state index in [1.165, 1.54) is 6.92 Å². The van der Waals surface area contributed by atoms with E-state index in [0.717, 1.165) is 5.56 Å². The largest absolute Gasteiger partial charge is 0.497 e. The summed E-state index contributed by atoms with van der Waals surface area (Å²) in [6, 6.07) is 11.7. The number of hydrogen-bond donors (Lipinski definition) is 0. The molecule has 6 heteroatoms. The van der Waals surface area contributed by atoms with Crippen LogP contribution in [0.25, 0.3) is 0 Å². The molecule has 0 saturated carbocycles. The van der Waals surface area contributed by atoms with E-state index in [4.69, 9.17) is 25.8 Å². The van der Waals surface area contributed by atoms with Gasteiger partial charge in [0.1, 0.15) is 11.5 Å². The molecule has 132 valence electrons. The topological polar surface area (TPSA) is 61.8 Å². The lowest BCUT2D eigenvalue weighted by molar-refractivity contribution is -0.148. The van der Waals surface area contributed by atoms with Crippen molar-refractivity contribution in [3.63, 3.8) is 0 Å². The van der Waals surface area contributed by atoms with Crippen molar-refractivity contribution in [2.24, 2.45) is 0 Å². The average molecular weight is 363 g/mol. The van der Waals surface area contributed by atoms with Gasteiger partial charge in [0.25, 0.3) is 0 Å². The summed E-state index contributed by atoms with van der Waals surface area (Å²) < 4.78 is 15.6. The summed E-state index contributed by atoms with van der Waals surface area (Å²) in [5.41, 5.74) is 1.25.